The molecule has 0 radical (unpaired) electrons. The molecule has 1 aromatic rings. The number of carboxylic acid groups (broad SMARTS) is 1. The number of aromatic nitrogens is 1. The fourth-order valence-electron chi connectivity index (χ4n) is 2.78. The Kier molecular flexibility index (Phi) is 12.7. The number of esters is 1. The third-order valence-electron chi connectivity index (χ3n) is 4.51. The first-order chi connectivity index (χ1) is 12.0. The maximum atomic E-state index is 12.0. The van der Waals surface area contributed by atoms with Gasteiger partial charge in [0, 0.05) is 18.5 Å². The van der Waals surface area contributed by atoms with Crippen LogP contribution in [0.4, 0.5) is 0 Å². The summed E-state index contributed by atoms with van der Waals surface area (Å²) < 4.78 is 5.47. The first-order valence-corrected chi connectivity index (χ1v) is 9.35. The Morgan fingerprint density at radius 1 is 1.12 bits per heavy atom. The van der Waals surface area contributed by atoms with Crippen LogP contribution in [0, 0.1) is 0 Å². The van der Waals surface area contributed by atoms with E-state index in [0.29, 0.717) is 12.1 Å². The van der Waals surface area contributed by atoms with Crippen molar-refractivity contribution in [1.29, 1.82) is 0 Å². The molecule has 0 bridgehead atoms. The van der Waals surface area contributed by atoms with Crippen molar-refractivity contribution in [2.75, 3.05) is 0 Å². The van der Waals surface area contributed by atoms with E-state index in [1.807, 2.05) is 6.92 Å². The average Bonchev–Trinajstić information content (AvgIpc) is 2.60. The van der Waals surface area contributed by atoms with E-state index in [1.165, 1.54) is 31.7 Å². The highest BCUT2D eigenvalue weighted by Gasteiger charge is 2.24. The summed E-state index contributed by atoms with van der Waals surface area (Å²) in [5.74, 6) is -1.51. The zero-order chi connectivity index (χ0) is 18.7. The number of ether oxygens (including phenoxy) is 1. The van der Waals surface area contributed by atoms with E-state index in [2.05, 4.69) is 11.9 Å². The van der Waals surface area contributed by atoms with Crippen molar-refractivity contribution >= 4 is 24.3 Å². The van der Waals surface area contributed by atoms with E-state index in [1.54, 1.807) is 19.2 Å². The molecule has 0 amide bonds. The summed E-state index contributed by atoms with van der Waals surface area (Å²) in [7, 11) is 0. The minimum Gasteiger partial charge on any atom is -0.478 e. The number of aromatic carboxylic acids is 1. The van der Waals surface area contributed by atoms with E-state index < -0.39 is 12.1 Å². The van der Waals surface area contributed by atoms with Gasteiger partial charge in [0.05, 0.1) is 11.3 Å². The van der Waals surface area contributed by atoms with Crippen molar-refractivity contribution < 1.29 is 19.4 Å². The molecule has 0 aliphatic carbocycles. The minimum absolute atomic E-state index is 0. The van der Waals surface area contributed by atoms with Gasteiger partial charge in [-0.1, -0.05) is 52.4 Å². The molecular formula is C20H32ClNO4. The highest BCUT2D eigenvalue weighted by molar-refractivity contribution is 5.89. The molecule has 5 nitrogen and oxygen atoms in total. The van der Waals surface area contributed by atoms with Crippen molar-refractivity contribution in [3.05, 3.63) is 29.6 Å². The van der Waals surface area contributed by atoms with E-state index in [0.717, 1.165) is 19.3 Å². The van der Waals surface area contributed by atoms with Gasteiger partial charge in [0.1, 0.15) is 6.10 Å². The van der Waals surface area contributed by atoms with Gasteiger partial charge in [0.2, 0.25) is 0 Å². The lowest BCUT2D eigenvalue weighted by atomic mass is 9.97. The van der Waals surface area contributed by atoms with Crippen molar-refractivity contribution in [3.63, 3.8) is 0 Å². The number of carbonyl (C=O) groups is 2. The van der Waals surface area contributed by atoms with Crippen molar-refractivity contribution in [2.24, 2.45) is 0 Å². The van der Waals surface area contributed by atoms with Crippen LogP contribution in [0.1, 0.15) is 94.1 Å². The number of pyridine rings is 1. The zero-order valence-corrected chi connectivity index (χ0v) is 16.9. The summed E-state index contributed by atoms with van der Waals surface area (Å²) in [6.45, 7) is 5.82. The number of carboxylic acids is 1. The smallest absolute Gasteiger partial charge is 0.337 e. The second-order valence-electron chi connectivity index (χ2n) is 6.60. The number of hydrogen-bond donors (Lipinski definition) is 1. The van der Waals surface area contributed by atoms with Crippen molar-refractivity contribution in [2.45, 2.75) is 84.2 Å². The summed E-state index contributed by atoms with van der Waals surface area (Å²) in [6.07, 6.45) is 9.64. The van der Waals surface area contributed by atoms with Crippen LogP contribution in [0.15, 0.2) is 18.3 Å². The number of hydrogen-bond acceptors (Lipinski definition) is 4. The maximum Gasteiger partial charge on any atom is 0.337 e. The molecule has 2 unspecified atom stereocenters. The number of unbranched alkanes of at least 4 members (excludes halogenated alkanes) is 6. The van der Waals surface area contributed by atoms with Gasteiger partial charge in [-0.2, -0.15) is 0 Å². The van der Waals surface area contributed by atoms with E-state index >= 15 is 0 Å². The monoisotopic (exact) mass is 385 g/mol. The van der Waals surface area contributed by atoms with Gasteiger partial charge in [-0.15, -0.1) is 12.4 Å². The Bertz CT molecular complexity index is 550. The van der Waals surface area contributed by atoms with Crippen LogP contribution in [-0.4, -0.2) is 28.1 Å². The van der Waals surface area contributed by atoms with Gasteiger partial charge in [-0.3, -0.25) is 9.78 Å². The van der Waals surface area contributed by atoms with Crippen LogP contribution in [0.2, 0.25) is 0 Å². The van der Waals surface area contributed by atoms with Crippen molar-refractivity contribution in [1.82, 2.24) is 4.98 Å². The first-order valence-electron chi connectivity index (χ1n) is 9.35. The van der Waals surface area contributed by atoms with Gasteiger partial charge in [0.15, 0.2) is 0 Å². The fraction of sp³-hybridized carbons (Fsp3) is 0.650. The molecular weight excluding hydrogens is 354 g/mol. The van der Waals surface area contributed by atoms with Crippen LogP contribution in [0.25, 0.3) is 0 Å². The van der Waals surface area contributed by atoms with Gasteiger partial charge in [-0.05, 0) is 25.5 Å². The second kappa shape index (κ2) is 13.6. The van der Waals surface area contributed by atoms with Gasteiger partial charge in [-0.25, -0.2) is 4.79 Å². The molecule has 0 saturated carbocycles. The molecule has 1 heterocycles. The highest BCUT2D eigenvalue weighted by Crippen LogP contribution is 2.23. The van der Waals surface area contributed by atoms with Gasteiger partial charge in [0.25, 0.3) is 0 Å². The van der Waals surface area contributed by atoms with Crippen LogP contribution in [-0.2, 0) is 9.53 Å². The summed E-state index contributed by atoms with van der Waals surface area (Å²) in [5.41, 5.74) is 0.608. The molecule has 1 rings (SSSR count). The lowest BCUT2D eigenvalue weighted by Gasteiger charge is -2.21. The lowest BCUT2D eigenvalue weighted by Crippen LogP contribution is -2.23. The van der Waals surface area contributed by atoms with Gasteiger partial charge < -0.3 is 9.84 Å². The van der Waals surface area contributed by atoms with Crippen LogP contribution in [0.3, 0.4) is 0 Å². The Hall–Kier alpha value is -1.62. The molecule has 0 aliphatic rings. The molecule has 1 aromatic heterocycles. The van der Waals surface area contributed by atoms with Crippen molar-refractivity contribution in [3.8, 4) is 0 Å². The molecule has 0 spiro atoms. The van der Waals surface area contributed by atoms with Crippen LogP contribution < -0.4 is 0 Å². The largest absolute Gasteiger partial charge is 0.478 e. The number of halogens is 1. The summed E-state index contributed by atoms with van der Waals surface area (Å²) in [5, 5.41) is 9.25. The molecule has 1 N–H and O–H groups in total. The number of rotatable bonds is 12. The molecule has 26 heavy (non-hydrogen) atoms. The first kappa shape index (κ1) is 24.4. The van der Waals surface area contributed by atoms with Crippen LogP contribution in [0.5, 0.6) is 0 Å². The van der Waals surface area contributed by atoms with Crippen LogP contribution >= 0.6 is 12.4 Å². The Morgan fingerprint density at radius 2 is 1.73 bits per heavy atom. The topological polar surface area (TPSA) is 76.5 Å². The number of carbonyl (C=O) groups excluding carboxylic acids is 1. The van der Waals surface area contributed by atoms with E-state index in [9.17, 15) is 14.7 Å². The Balaban J connectivity index is 0.00000625. The molecule has 148 valence electrons. The minimum atomic E-state index is -1.02. The summed E-state index contributed by atoms with van der Waals surface area (Å²) in [4.78, 5) is 27.4. The quantitative estimate of drug-likeness (QED) is 0.386. The maximum absolute atomic E-state index is 12.0. The van der Waals surface area contributed by atoms with E-state index in [-0.39, 0.29) is 29.9 Å². The molecule has 6 heteroatoms. The molecule has 0 aromatic carbocycles. The Morgan fingerprint density at radius 3 is 2.35 bits per heavy atom. The molecule has 0 saturated heterocycles. The second-order valence-corrected chi connectivity index (χ2v) is 6.60. The predicted molar refractivity (Wildman–Crippen MR) is 105 cm³/mol. The standard InChI is InChI=1S/C20H31NO4.ClH/c1-4-5-6-7-8-9-10-13-18(22)25-16(3)15(2)19-17(20(23)24)12-11-14-21-19;/h11-12,14-16H,4-10,13H2,1-3H3,(H,23,24);1H. The predicted octanol–water partition coefficient (Wildman–Crippen LogP) is 5.38. The molecule has 0 aliphatic heterocycles. The van der Waals surface area contributed by atoms with Gasteiger partial charge >= 0.3 is 11.9 Å². The third-order valence-corrected chi connectivity index (χ3v) is 4.51. The highest BCUT2D eigenvalue weighted by atomic mass is 35.5. The Labute approximate surface area is 163 Å². The summed E-state index contributed by atoms with van der Waals surface area (Å²) >= 11 is 0. The SMILES string of the molecule is CCCCCCCCCC(=O)OC(C)C(C)c1ncccc1C(=O)O.Cl. The molecule has 2 atom stereocenters. The average molecular weight is 386 g/mol. The fourth-order valence-corrected chi connectivity index (χ4v) is 2.78. The third kappa shape index (κ3) is 8.65. The number of nitrogens with zero attached hydrogens (tertiary/aromatic N) is 1. The zero-order valence-electron chi connectivity index (χ0n) is 16.1. The summed E-state index contributed by atoms with van der Waals surface area (Å²) in [6, 6.07) is 3.12. The lowest BCUT2D eigenvalue weighted by molar-refractivity contribution is -0.149. The normalized spacial score (nSPS) is 12.7. The van der Waals surface area contributed by atoms with E-state index in [4.69, 9.17) is 4.74 Å². The molecule has 0 fully saturated rings.